The highest BCUT2D eigenvalue weighted by molar-refractivity contribution is 6.06. The second kappa shape index (κ2) is 5.21. The topological polar surface area (TPSA) is 62.2 Å². The van der Waals surface area contributed by atoms with Crippen molar-refractivity contribution in [1.29, 1.82) is 0 Å². The summed E-state index contributed by atoms with van der Waals surface area (Å²) in [7, 11) is 0. The van der Waals surface area contributed by atoms with E-state index in [1.54, 1.807) is 12.3 Å². The molecule has 0 bridgehead atoms. The van der Waals surface area contributed by atoms with Crippen LogP contribution >= 0.6 is 0 Å². The van der Waals surface area contributed by atoms with Gasteiger partial charge in [0.2, 0.25) is 0 Å². The number of aliphatic hydroxyl groups is 1. The van der Waals surface area contributed by atoms with Crippen molar-refractivity contribution in [2.75, 3.05) is 6.54 Å². The molecule has 1 heterocycles. The quantitative estimate of drug-likeness (QED) is 0.899. The van der Waals surface area contributed by atoms with Crippen LogP contribution in [0.1, 0.15) is 36.0 Å². The van der Waals surface area contributed by atoms with E-state index in [9.17, 15) is 9.90 Å². The first-order valence-corrected chi connectivity index (χ1v) is 7.02. The van der Waals surface area contributed by atoms with E-state index in [0.29, 0.717) is 12.1 Å². The fourth-order valence-electron chi connectivity index (χ4n) is 2.85. The van der Waals surface area contributed by atoms with Gasteiger partial charge < -0.3 is 10.4 Å². The number of fused-ring (bicyclic) bond motifs is 1. The number of nitrogens with one attached hydrogen (secondary N) is 1. The third-order valence-corrected chi connectivity index (χ3v) is 4.00. The van der Waals surface area contributed by atoms with Crippen molar-refractivity contribution in [2.45, 2.75) is 31.3 Å². The summed E-state index contributed by atoms with van der Waals surface area (Å²) >= 11 is 0. The molecule has 1 saturated carbocycles. The van der Waals surface area contributed by atoms with Crippen molar-refractivity contribution in [2.24, 2.45) is 0 Å². The maximum absolute atomic E-state index is 12.3. The van der Waals surface area contributed by atoms with Gasteiger partial charge in [0.25, 0.3) is 5.91 Å². The third-order valence-electron chi connectivity index (χ3n) is 4.00. The molecule has 0 aliphatic heterocycles. The van der Waals surface area contributed by atoms with E-state index in [0.717, 1.165) is 36.6 Å². The first kappa shape index (κ1) is 13.1. The summed E-state index contributed by atoms with van der Waals surface area (Å²) in [4.78, 5) is 16.6. The van der Waals surface area contributed by atoms with E-state index in [-0.39, 0.29) is 5.91 Å². The Balaban J connectivity index is 1.79. The molecule has 104 valence electrons. The van der Waals surface area contributed by atoms with Crippen LogP contribution in [-0.2, 0) is 0 Å². The van der Waals surface area contributed by atoms with Gasteiger partial charge in [0.15, 0.2) is 0 Å². The second-order valence-corrected chi connectivity index (χ2v) is 5.49. The Morgan fingerprint density at radius 2 is 2.05 bits per heavy atom. The highest BCUT2D eigenvalue weighted by Crippen LogP contribution is 2.28. The minimum absolute atomic E-state index is 0.149. The molecule has 1 fully saturated rings. The third kappa shape index (κ3) is 2.51. The fraction of sp³-hybridized carbons (Fsp3) is 0.375. The minimum atomic E-state index is -0.724. The van der Waals surface area contributed by atoms with Crippen LogP contribution in [0.4, 0.5) is 0 Å². The van der Waals surface area contributed by atoms with E-state index in [4.69, 9.17) is 0 Å². The zero-order chi connectivity index (χ0) is 14.0. The largest absolute Gasteiger partial charge is 0.388 e. The summed E-state index contributed by atoms with van der Waals surface area (Å²) in [6.45, 7) is 0.322. The molecule has 0 atom stereocenters. The van der Waals surface area contributed by atoms with Gasteiger partial charge in [0.1, 0.15) is 0 Å². The Morgan fingerprint density at radius 1 is 1.25 bits per heavy atom. The molecule has 0 spiro atoms. The van der Waals surface area contributed by atoms with Crippen LogP contribution in [0.25, 0.3) is 10.9 Å². The lowest BCUT2D eigenvalue weighted by molar-refractivity contribution is 0.0450. The molecule has 1 aromatic carbocycles. The van der Waals surface area contributed by atoms with Crippen LogP contribution in [0.15, 0.2) is 36.5 Å². The van der Waals surface area contributed by atoms with Crippen LogP contribution in [0.3, 0.4) is 0 Å². The van der Waals surface area contributed by atoms with Crippen molar-refractivity contribution >= 4 is 16.8 Å². The first-order valence-electron chi connectivity index (χ1n) is 7.02. The number of aromatic nitrogens is 1. The van der Waals surface area contributed by atoms with Crippen molar-refractivity contribution in [3.63, 3.8) is 0 Å². The standard InChI is InChI=1S/C16H18N2O2/c19-15(18-11-16(20)8-1-2-9-16)13-5-3-7-14-12(13)6-4-10-17-14/h3-7,10,20H,1-2,8-9,11H2,(H,18,19). The Labute approximate surface area is 117 Å². The molecule has 20 heavy (non-hydrogen) atoms. The van der Waals surface area contributed by atoms with Crippen LogP contribution in [0, 0.1) is 0 Å². The van der Waals surface area contributed by atoms with Crippen LogP contribution < -0.4 is 5.32 Å². The van der Waals surface area contributed by atoms with E-state index in [1.165, 1.54) is 0 Å². The summed E-state index contributed by atoms with van der Waals surface area (Å²) in [5.41, 5.74) is 0.690. The number of carbonyl (C=O) groups is 1. The van der Waals surface area contributed by atoms with Gasteiger partial charge in [-0.25, -0.2) is 0 Å². The van der Waals surface area contributed by atoms with Crippen molar-refractivity contribution in [3.05, 3.63) is 42.1 Å². The second-order valence-electron chi connectivity index (χ2n) is 5.49. The number of carbonyl (C=O) groups excluding carboxylic acids is 1. The van der Waals surface area contributed by atoms with Gasteiger partial charge in [-0.15, -0.1) is 0 Å². The average molecular weight is 270 g/mol. The maximum atomic E-state index is 12.3. The normalized spacial score (nSPS) is 17.2. The minimum Gasteiger partial charge on any atom is -0.388 e. The fourth-order valence-corrected chi connectivity index (χ4v) is 2.85. The predicted octanol–water partition coefficient (Wildman–Crippen LogP) is 2.27. The van der Waals surface area contributed by atoms with Crippen LogP contribution in [0.2, 0.25) is 0 Å². The number of rotatable bonds is 3. The molecular formula is C16H18N2O2. The molecule has 0 saturated heterocycles. The molecule has 4 nitrogen and oxygen atoms in total. The molecule has 1 aliphatic carbocycles. The van der Waals surface area contributed by atoms with Crippen molar-refractivity contribution in [1.82, 2.24) is 10.3 Å². The highest BCUT2D eigenvalue weighted by atomic mass is 16.3. The molecule has 2 aromatic rings. The lowest BCUT2D eigenvalue weighted by Crippen LogP contribution is -2.40. The number of amides is 1. The van der Waals surface area contributed by atoms with Gasteiger partial charge in [-0.3, -0.25) is 9.78 Å². The van der Waals surface area contributed by atoms with Gasteiger partial charge in [-0.1, -0.05) is 25.0 Å². The first-order chi connectivity index (χ1) is 9.68. The Hall–Kier alpha value is -1.94. The molecule has 0 radical (unpaired) electrons. The maximum Gasteiger partial charge on any atom is 0.252 e. The highest BCUT2D eigenvalue weighted by Gasteiger charge is 2.31. The molecule has 1 aliphatic rings. The number of nitrogens with zero attached hydrogens (tertiary/aromatic N) is 1. The van der Waals surface area contributed by atoms with Gasteiger partial charge in [0.05, 0.1) is 11.1 Å². The molecule has 0 unspecified atom stereocenters. The summed E-state index contributed by atoms with van der Waals surface area (Å²) in [5, 5.41) is 14.0. The van der Waals surface area contributed by atoms with Crippen LogP contribution in [-0.4, -0.2) is 28.1 Å². The Kier molecular flexibility index (Phi) is 3.40. The predicted molar refractivity (Wildman–Crippen MR) is 77.5 cm³/mol. The summed E-state index contributed by atoms with van der Waals surface area (Å²) in [6.07, 6.45) is 5.31. The van der Waals surface area contributed by atoms with E-state index in [2.05, 4.69) is 10.3 Å². The summed E-state index contributed by atoms with van der Waals surface area (Å²) in [5.74, 6) is -0.149. The number of benzene rings is 1. The van der Waals surface area contributed by atoms with Gasteiger partial charge >= 0.3 is 0 Å². The molecule has 1 aromatic heterocycles. The molecule has 1 amide bonds. The number of pyridine rings is 1. The average Bonchev–Trinajstić information content (AvgIpc) is 2.91. The molecule has 2 N–H and O–H groups in total. The monoisotopic (exact) mass is 270 g/mol. The molecule has 3 rings (SSSR count). The van der Waals surface area contributed by atoms with Gasteiger partial charge in [-0.05, 0) is 31.0 Å². The smallest absolute Gasteiger partial charge is 0.252 e. The number of hydrogen-bond acceptors (Lipinski definition) is 3. The lowest BCUT2D eigenvalue weighted by atomic mass is 10.0. The Bertz CT molecular complexity index is 628. The van der Waals surface area contributed by atoms with Crippen molar-refractivity contribution in [3.8, 4) is 0 Å². The SMILES string of the molecule is O=C(NCC1(O)CCCC1)c1cccc2ncccc12. The summed E-state index contributed by atoms with van der Waals surface area (Å²) < 4.78 is 0. The van der Waals surface area contributed by atoms with E-state index in [1.807, 2.05) is 24.3 Å². The molecule has 4 heteroatoms. The van der Waals surface area contributed by atoms with Crippen molar-refractivity contribution < 1.29 is 9.90 Å². The Morgan fingerprint density at radius 3 is 2.85 bits per heavy atom. The van der Waals surface area contributed by atoms with E-state index < -0.39 is 5.60 Å². The number of hydrogen-bond donors (Lipinski definition) is 2. The lowest BCUT2D eigenvalue weighted by Gasteiger charge is -2.22. The summed E-state index contributed by atoms with van der Waals surface area (Å²) in [6, 6.07) is 9.22. The molecular weight excluding hydrogens is 252 g/mol. The van der Waals surface area contributed by atoms with Gasteiger partial charge in [0, 0.05) is 23.7 Å². The van der Waals surface area contributed by atoms with E-state index >= 15 is 0 Å². The zero-order valence-corrected chi connectivity index (χ0v) is 11.3. The van der Waals surface area contributed by atoms with Gasteiger partial charge in [-0.2, -0.15) is 0 Å². The van der Waals surface area contributed by atoms with Crippen LogP contribution in [0.5, 0.6) is 0 Å². The zero-order valence-electron chi connectivity index (χ0n) is 11.3.